The van der Waals surface area contributed by atoms with Gasteiger partial charge in [-0.25, -0.2) is 8.78 Å². The molecule has 0 amide bonds. The molecule has 0 saturated heterocycles. The van der Waals surface area contributed by atoms with E-state index in [4.69, 9.17) is 4.74 Å². The van der Waals surface area contributed by atoms with Gasteiger partial charge in [-0.05, 0) is 49.2 Å². The summed E-state index contributed by atoms with van der Waals surface area (Å²) < 4.78 is 32.1. The van der Waals surface area contributed by atoms with E-state index in [0.717, 1.165) is 12.5 Å². The zero-order chi connectivity index (χ0) is 16.0. The van der Waals surface area contributed by atoms with Crippen molar-refractivity contribution in [2.45, 2.75) is 40.5 Å². The van der Waals surface area contributed by atoms with E-state index in [-0.39, 0.29) is 5.56 Å². The van der Waals surface area contributed by atoms with Crippen LogP contribution in [0.4, 0.5) is 8.78 Å². The highest BCUT2D eigenvalue weighted by molar-refractivity contribution is 5.38. The summed E-state index contributed by atoms with van der Waals surface area (Å²) in [6.45, 7) is 8.87. The molecule has 2 aromatic rings. The fourth-order valence-corrected chi connectivity index (χ4v) is 1.75. The van der Waals surface area contributed by atoms with Gasteiger partial charge in [0.1, 0.15) is 11.5 Å². The maximum atomic E-state index is 13.2. The predicted octanol–water partition coefficient (Wildman–Crippen LogP) is 6.23. The van der Waals surface area contributed by atoms with Crippen LogP contribution < -0.4 is 4.74 Å². The summed E-state index contributed by atoms with van der Waals surface area (Å²) in [5.74, 6) is -1.79. The molecule has 114 valence electrons. The first-order valence-corrected chi connectivity index (χ1v) is 7.10. The van der Waals surface area contributed by atoms with Gasteiger partial charge in [0.15, 0.2) is 0 Å². The molecule has 0 unspecified atom stereocenters. The minimum atomic E-state index is -2.86. The number of halogens is 2. The van der Waals surface area contributed by atoms with Gasteiger partial charge >= 0.3 is 0 Å². The molecule has 2 rings (SSSR count). The minimum Gasteiger partial charge on any atom is -0.457 e. The fourth-order valence-electron chi connectivity index (χ4n) is 1.75. The molecule has 0 atom stereocenters. The summed E-state index contributed by atoms with van der Waals surface area (Å²) in [6.07, 6.45) is 0. The average Bonchev–Trinajstić information content (AvgIpc) is 2.45. The Hall–Kier alpha value is -1.90. The summed E-state index contributed by atoms with van der Waals surface area (Å²) in [5, 5.41) is 0. The van der Waals surface area contributed by atoms with E-state index < -0.39 is 5.92 Å². The fraction of sp³-hybridized carbons (Fsp3) is 0.333. The van der Waals surface area contributed by atoms with Gasteiger partial charge in [-0.2, -0.15) is 0 Å². The van der Waals surface area contributed by atoms with Gasteiger partial charge < -0.3 is 4.74 Å². The Morgan fingerprint density at radius 1 is 0.857 bits per heavy atom. The molecule has 0 heterocycles. The lowest BCUT2D eigenvalue weighted by molar-refractivity contribution is 0.0173. The molecule has 3 heteroatoms. The molecule has 1 nitrogen and oxygen atoms in total. The van der Waals surface area contributed by atoms with Crippen LogP contribution in [0.2, 0.25) is 0 Å². The molecular formula is C18H22F2O. The van der Waals surface area contributed by atoms with E-state index >= 15 is 0 Å². The van der Waals surface area contributed by atoms with Crippen LogP contribution >= 0.6 is 0 Å². The Labute approximate surface area is 125 Å². The molecule has 0 fully saturated rings. The standard InChI is InChI=1S/C16H16F2O.C2H6/c1-11-7-8-15(9-12(11)2)19-14-6-4-5-13(10-14)16(3,17)18;1-2/h4-10H,1-3H3;1-2H3. The molecule has 0 N–H and O–H groups in total. The minimum absolute atomic E-state index is 0.0474. The molecular weight excluding hydrogens is 270 g/mol. The number of hydrogen-bond acceptors (Lipinski definition) is 1. The van der Waals surface area contributed by atoms with Gasteiger partial charge in [-0.1, -0.05) is 32.0 Å². The summed E-state index contributed by atoms with van der Waals surface area (Å²) in [5.41, 5.74) is 2.23. The maximum Gasteiger partial charge on any atom is 0.270 e. The molecule has 0 aliphatic carbocycles. The van der Waals surface area contributed by atoms with Crippen molar-refractivity contribution >= 4 is 0 Å². The lowest BCUT2D eigenvalue weighted by Gasteiger charge is -2.13. The lowest BCUT2D eigenvalue weighted by atomic mass is 10.1. The van der Waals surface area contributed by atoms with Crippen LogP contribution in [0.15, 0.2) is 42.5 Å². The van der Waals surface area contributed by atoms with E-state index in [1.165, 1.54) is 17.7 Å². The second-order valence-corrected chi connectivity index (χ2v) is 4.76. The van der Waals surface area contributed by atoms with Crippen LogP contribution in [-0.4, -0.2) is 0 Å². The van der Waals surface area contributed by atoms with Crippen molar-refractivity contribution in [1.82, 2.24) is 0 Å². The van der Waals surface area contributed by atoms with Crippen molar-refractivity contribution in [3.63, 3.8) is 0 Å². The smallest absolute Gasteiger partial charge is 0.270 e. The van der Waals surface area contributed by atoms with E-state index in [0.29, 0.717) is 11.5 Å². The third-order valence-corrected chi connectivity index (χ3v) is 3.06. The second kappa shape index (κ2) is 7.21. The van der Waals surface area contributed by atoms with Gasteiger partial charge in [-0.15, -0.1) is 0 Å². The summed E-state index contributed by atoms with van der Waals surface area (Å²) >= 11 is 0. The zero-order valence-corrected chi connectivity index (χ0v) is 13.2. The molecule has 21 heavy (non-hydrogen) atoms. The van der Waals surface area contributed by atoms with Crippen molar-refractivity contribution in [3.8, 4) is 11.5 Å². The van der Waals surface area contributed by atoms with Gasteiger partial charge in [-0.3, -0.25) is 0 Å². The zero-order valence-electron chi connectivity index (χ0n) is 13.2. The number of benzene rings is 2. The Balaban J connectivity index is 0.00000106. The van der Waals surface area contributed by atoms with Crippen molar-refractivity contribution in [1.29, 1.82) is 0 Å². The largest absolute Gasteiger partial charge is 0.457 e. The number of alkyl halides is 2. The van der Waals surface area contributed by atoms with Crippen LogP contribution in [0.3, 0.4) is 0 Å². The third kappa shape index (κ3) is 4.85. The molecule has 0 spiro atoms. The highest BCUT2D eigenvalue weighted by Crippen LogP contribution is 2.31. The van der Waals surface area contributed by atoms with E-state index in [1.54, 1.807) is 12.1 Å². The molecule has 0 saturated carbocycles. The molecule has 0 radical (unpaired) electrons. The highest BCUT2D eigenvalue weighted by atomic mass is 19.3. The summed E-state index contributed by atoms with van der Waals surface area (Å²) in [6, 6.07) is 11.7. The third-order valence-electron chi connectivity index (χ3n) is 3.06. The van der Waals surface area contributed by atoms with Crippen LogP contribution in [0.25, 0.3) is 0 Å². The predicted molar refractivity (Wildman–Crippen MR) is 83.3 cm³/mol. The van der Waals surface area contributed by atoms with Gasteiger partial charge in [0, 0.05) is 12.5 Å². The van der Waals surface area contributed by atoms with Crippen LogP contribution in [0.1, 0.15) is 37.5 Å². The van der Waals surface area contributed by atoms with E-state index in [1.807, 2.05) is 45.9 Å². The molecule has 0 aliphatic heterocycles. The van der Waals surface area contributed by atoms with Crippen LogP contribution in [0, 0.1) is 13.8 Å². The van der Waals surface area contributed by atoms with Crippen LogP contribution in [-0.2, 0) is 5.92 Å². The Kier molecular flexibility index (Phi) is 5.89. The normalized spacial score (nSPS) is 10.6. The number of hydrogen-bond donors (Lipinski definition) is 0. The molecule has 0 aromatic heterocycles. The maximum absolute atomic E-state index is 13.2. The number of ether oxygens (including phenoxy) is 1. The van der Waals surface area contributed by atoms with Crippen molar-refractivity contribution < 1.29 is 13.5 Å². The highest BCUT2D eigenvalue weighted by Gasteiger charge is 2.24. The van der Waals surface area contributed by atoms with Crippen molar-refractivity contribution in [3.05, 3.63) is 59.2 Å². The molecule has 0 bridgehead atoms. The second-order valence-electron chi connectivity index (χ2n) is 4.76. The summed E-state index contributed by atoms with van der Waals surface area (Å²) in [7, 11) is 0. The van der Waals surface area contributed by atoms with E-state index in [9.17, 15) is 8.78 Å². The number of aryl methyl sites for hydroxylation is 2. The van der Waals surface area contributed by atoms with Crippen molar-refractivity contribution in [2.75, 3.05) is 0 Å². The first kappa shape index (κ1) is 17.2. The monoisotopic (exact) mass is 292 g/mol. The number of rotatable bonds is 3. The SMILES string of the molecule is CC.Cc1ccc(Oc2cccc(C(C)(F)F)c2)cc1C. The van der Waals surface area contributed by atoms with E-state index in [2.05, 4.69) is 0 Å². The van der Waals surface area contributed by atoms with Gasteiger partial charge in [0.2, 0.25) is 0 Å². The van der Waals surface area contributed by atoms with Crippen molar-refractivity contribution in [2.24, 2.45) is 0 Å². The average molecular weight is 292 g/mol. The quantitative estimate of drug-likeness (QED) is 0.651. The first-order chi connectivity index (χ1) is 9.86. The first-order valence-electron chi connectivity index (χ1n) is 7.10. The Morgan fingerprint density at radius 2 is 1.48 bits per heavy atom. The van der Waals surface area contributed by atoms with Gasteiger partial charge in [0.05, 0.1) is 0 Å². The van der Waals surface area contributed by atoms with Gasteiger partial charge in [0.25, 0.3) is 5.92 Å². The Bertz CT molecular complexity index is 586. The Morgan fingerprint density at radius 3 is 2.05 bits per heavy atom. The molecule has 2 aromatic carbocycles. The molecule has 0 aliphatic rings. The lowest BCUT2D eigenvalue weighted by Crippen LogP contribution is -2.06. The summed E-state index contributed by atoms with van der Waals surface area (Å²) in [4.78, 5) is 0. The van der Waals surface area contributed by atoms with Crippen LogP contribution in [0.5, 0.6) is 11.5 Å². The topological polar surface area (TPSA) is 9.23 Å².